The van der Waals surface area contributed by atoms with Gasteiger partial charge in [-0.05, 0) is 67.0 Å². The highest BCUT2D eigenvalue weighted by Gasteiger charge is 2.52. The van der Waals surface area contributed by atoms with Gasteiger partial charge in [0.05, 0.1) is 11.4 Å². The van der Waals surface area contributed by atoms with E-state index in [-0.39, 0.29) is 0 Å². The Labute approximate surface area is 126 Å². The molecule has 1 aromatic heterocycles. The lowest BCUT2D eigenvalue weighted by atomic mass is 9.93. The fraction of sp³-hybridized carbons (Fsp3) is 0.350. The lowest BCUT2D eigenvalue weighted by molar-refractivity contribution is 0.696. The molecule has 1 heteroatoms. The van der Waals surface area contributed by atoms with E-state index in [0.29, 0.717) is 11.3 Å². The molecule has 0 saturated heterocycles. The molecule has 2 aromatic rings. The Balaban J connectivity index is 1.85. The number of hydrogen-bond donors (Lipinski definition) is 0. The first-order valence-corrected chi connectivity index (χ1v) is 7.76. The molecule has 1 nitrogen and oxygen atoms in total. The fourth-order valence-corrected chi connectivity index (χ4v) is 3.55. The molecule has 21 heavy (non-hydrogen) atoms. The largest absolute Gasteiger partial charge is 0.252 e. The molecule has 2 aliphatic rings. The molecule has 2 unspecified atom stereocenters. The Bertz CT molecular complexity index is 785. The zero-order valence-corrected chi connectivity index (χ0v) is 13.2. The molecule has 2 atom stereocenters. The van der Waals surface area contributed by atoms with E-state index in [2.05, 4.69) is 64.1 Å². The molecular weight excluding hydrogens is 254 g/mol. The second kappa shape index (κ2) is 4.07. The summed E-state index contributed by atoms with van der Waals surface area (Å²) < 4.78 is 0. The van der Waals surface area contributed by atoms with Gasteiger partial charge in [0.2, 0.25) is 0 Å². The number of nitrogens with zero attached hydrogens (tertiary/aromatic N) is 1. The van der Waals surface area contributed by atoms with Crippen molar-refractivity contribution in [3.05, 3.63) is 58.3 Å². The average molecular weight is 275 g/mol. The first kappa shape index (κ1) is 12.8. The molecule has 106 valence electrons. The van der Waals surface area contributed by atoms with Crippen LogP contribution in [-0.2, 0) is 0 Å². The van der Waals surface area contributed by atoms with Crippen LogP contribution in [0.4, 0.5) is 0 Å². The van der Waals surface area contributed by atoms with Crippen LogP contribution in [0.25, 0.3) is 17.3 Å². The Hall–Kier alpha value is -1.89. The number of pyridine rings is 1. The summed E-state index contributed by atoms with van der Waals surface area (Å²) in [5.41, 5.74) is 9.39. The van der Waals surface area contributed by atoms with Gasteiger partial charge in [0.1, 0.15) is 0 Å². The van der Waals surface area contributed by atoms with E-state index in [1.807, 2.05) is 0 Å². The Kier molecular flexibility index (Phi) is 2.48. The maximum Gasteiger partial charge on any atom is 0.0708 e. The van der Waals surface area contributed by atoms with Gasteiger partial charge in [-0.2, -0.15) is 0 Å². The van der Waals surface area contributed by atoms with Crippen LogP contribution in [0.2, 0.25) is 0 Å². The lowest BCUT2D eigenvalue weighted by Crippen LogP contribution is -2.04. The van der Waals surface area contributed by atoms with Crippen LogP contribution in [0.5, 0.6) is 0 Å². The number of hydrogen-bond acceptors (Lipinski definition) is 1. The van der Waals surface area contributed by atoms with Gasteiger partial charge < -0.3 is 0 Å². The number of fused-ring (bicyclic) bond motifs is 3. The fourth-order valence-electron chi connectivity index (χ4n) is 3.55. The standard InChI is InChI=1S/C20H21N/c1-12-9-14(3)16(10-13(12)2)18-6-5-15-7-8-20(4)11-17(20)19(15)21-18/h5-10,17H,11H2,1-4H3. The third kappa shape index (κ3) is 1.87. The highest BCUT2D eigenvalue weighted by atomic mass is 14.8. The Morgan fingerprint density at radius 3 is 2.62 bits per heavy atom. The van der Waals surface area contributed by atoms with E-state index in [4.69, 9.17) is 4.98 Å². The maximum absolute atomic E-state index is 5.03. The van der Waals surface area contributed by atoms with E-state index < -0.39 is 0 Å². The molecular formula is C20H21N. The zero-order chi connectivity index (χ0) is 14.8. The summed E-state index contributed by atoms with van der Waals surface area (Å²) in [5.74, 6) is 0.629. The molecule has 0 amide bonds. The van der Waals surface area contributed by atoms with Gasteiger partial charge in [0.15, 0.2) is 0 Å². The second-order valence-electron chi connectivity index (χ2n) is 7.02. The number of rotatable bonds is 1. The van der Waals surface area contributed by atoms with E-state index in [1.54, 1.807) is 0 Å². The molecule has 2 aliphatic carbocycles. The lowest BCUT2D eigenvalue weighted by Gasteiger charge is -2.16. The van der Waals surface area contributed by atoms with Crippen molar-refractivity contribution in [1.29, 1.82) is 0 Å². The second-order valence-corrected chi connectivity index (χ2v) is 7.02. The first-order chi connectivity index (χ1) is 9.98. The number of allylic oxidation sites excluding steroid dienone is 1. The Morgan fingerprint density at radius 1 is 1.05 bits per heavy atom. The van der Waals surface area contributed by atoms with Gasteiger partial charge in [-0.1, -0.05) is 31.2 Å². The van der Waals surface area contributed by atoms with Crippen molar-refractivity contribution in [1.82, 2.24) is 4.98 Å². The van der Waals surface area contributed by atoms with Gasteiger partial charge in [-0.15, -0.1) is 0 Å². The van der Waals surface area contributed by atoms with E-state index in [1.165, 1.54) is 39.9 Å². The number of aryl methyl sites for hydroxylation is 3. The number of aromatic nitrogens is 1. The summed E-state index contributed by atoms with van der Waals surface area (Å²) in [6.45, 7) is 8.88. The van der Waals surface area contributed by atoms with Gasteiger partial charge in [-0.3, -0.25) is 4.98 Å². The molecule has 1 fully saturated rings. The summed E-state index contributed by atoms with van der Waals surface area (Å²) >= 11 is 0. The van der Waals surface area contributed by atoms with Crippen LogP contribution in [0.1, 0.15) is 47.2 Å². The molecule has 4 rings (SSSR count). The molecule has 0 radical (unpaired) electrons. The van der Waals surface area contributed by atoms with E-state index in [9.17, 15) is 0 Å². The monoisotopic (exact) mass is 275 g/mol. The van der Waals surface area contributed by atoms with Crippen molar-refractivity contribution in [2.75, 3.05) is 0 Å². The SMILES string of the molecule is Cc1cc(C)c(-c2ccc3c(n2)C2CC2(C)C=C3)cc1C. The first-order valence-electron chi connectivity index (χ1n) is 7.76. The van der Waals surface area contributed by atoms with Crippen LogP contribution < -0.4 is 0 Å². The normalized spacial score (nSPS) is 25.4. The van der Waals surface area contributed by atoms with Crippen molar-refractivity contribution in [3.8, 4) is 11.3 Å². The van der Waals surface area contributed by atoms with Crippen LogP contribution in [0, 0.1) is 26.2 Å². The van der Waals surface area contributed by atoms with Crippen LogP contribution >= 0.6 is 0 Å². The van der Waals surface area contributed by atoms with Gasteiger partial charge in [0.25, 0.3) is 0 Å². The maximum atomic E-state index is 5.03. The van der Waals surface area contributed by atoms with Crippen LogP contribution in [0.15, 0.2) is 30.3 Å². The highest BCUT2D eigenvalue weighted by Crippen LogP contribution is 2.62. The molecule has 0 aliphatic heterocycles. The molecule has 0 N–H and O–H groups in total. The minimum absolute atomic E-state index is 0.372. The summed E-state index contributed by atoms with van der Waals surface area (Å²) in [4.78, 5) is 5.03. The molecule has 1 heterocycles. The van der Waals surface area contributed by atoms with Crippen molar-refractivity contribution < 1.29 is 0 Å². The third-order valence-electron chi connectivity index (χ3n) is 5.33. The van der Waals surface area contributed by atoms with Crippen LogP contribution in [-0.4, -0.2) is 4.98 Å². The summed E-state index contributed by atoms with van der Waals surface area (Å²) in [6.07, 6.45) is 5.87. The van der Waals surface area contributed by atoms with Crippen molar-refractivity contribution in [3.63, 3.8) is 0 Å². The summed E-state index contributed by atoms with van der Waals surface area (Å²) in [7, 11) is 0. The quantitative estimate of drug-likeness (QED) is 0.697. The van der Waals surface area contributed by atoms with Crippen molar-refractivity contribution in [2.45, 2.75) is 40.0 Å². The van der Waals surface area contributed by atoms with Crippen LogP contribution in [0.3, 0.4) is 0 Å². The minimum atomic E-state index is 0.372. The van der Waals surface area contributed by atoms with Crippen molar-refractivity contribution >= 4 is 6.08 Å². The molecule has 0 bridgehead atoms. The van der Waals surface area contributed by atoms with Gasteiger partial charge >= 0.3 is 0 Å². The smallest absolute Gasteiger partial charge is 0.0708 e. The van der Waals surface area contributed by atoms with Crippen molar-refractivity contribution in [2.24, 2.45) is 5.41 Å². The number of benzene rings is 1. The predicted molar refractivity (Wildman–Crippen MR) is 88.4 cm³/mol. The highest BCUT2D eigenvalue weighted by molar-refractivity contribution is 5.69. The summed E-state index contributed by atoms with van der Waals surface area (Å²) in [6, 6.07) is 8.96. The minimum Gasteiger partial charge on any atom is -0.252 e. The topological polar surface area (TPSA) is 12.9 Å². The predicted octanol–water partition coefficient (Wildman–Crippen LogP) is 5.19. The molecule has 0 spiro atoms. The third-order valence-corrected chi connectivity index (χ3v) is 5.33. The van der Waals surface area contributed by atoms with Gasteiger partial charge in [-0.25, -0.2) is 0 Å². The molecule has 1 aromatic carbocycles. The average Bonchev–Trinajstić information content (AvgIpc) is 3.15. The van der Waals surface area contributed by atoms with E-state index >= 15 is 0 Å². The zero-order valence-electron chi connectivity index (χ0n) is 13.2. The van der Waals surface area contributed by atoms with Gasteiger partial charge in [0, 0.05) is 11.5 Å². The van der Waals surface area contributed by atoms with E-state index in [0.717, 1.165) is 5.69 Å². The Morgan fingerprint density at radius 2 is 1.81 bits per heavy atom. The summed E-state index contributed by atoms with van der Waals surface area (Å²) in [5, 5.41) is 0. The molecule has 1 saturated carbocycles.